The van der Waals surface area contributed by atoms with Gasteiger partial charge in [-0.25, -0.2) is 12.7 Å². The molecule has 1 aliphatic rings. The number of nitrogens with zero attached hydrogens (tertiary/aromatic N) is 1. The first-order valence-corrected chi connectivity index (χ1v) is 10.8. The number of ether oxygens (including phenoxy) is 1. The topological polar surface area (TPSA) is 46.6 Å². The van der Waals surface area contributed by atoms with Crippen LogP contribution >= 0.6 is 0 Å². The minimum atomic E-state index is -3.25. The van der Waals surface area contributed by atoms with Gasteiger partial charge in [-0.05, 0) is 36.8 Å². The molecule has 5 heteroatoms. The summed E-state index contributed by atoms with van der Waals surface area (Å²) < 4.78 is 32.8. The standard InChI is InChI=1S/C21H27NO3S/c1-18-6-5-9-21(14-18)17-26(23,24)22-12-10-20(11-13-22)16-25-15-19-7-3-2-4-8-19/h2-9,14,20H,10-13,15-17H2,1H3. The van der Waals surface area contributed by atoms with E-state index < -0.39 is 10.0 Å². The third kappa shape index (κ3) is 5.40. The molecule has 1 heterocycles. The number of hydrogen-bond acceptors (Lipinski definition) is 3. The highest BCUT2D eigenvalue weighted by molar-refractivity contribution is 7.88. The van der Waals surface area contributed by atoms with Crippen LogP contribution in [0.2, 0.25) is 0 Å². The number of benzene rings is 2. The third-order valence-electron chi connectivity index (χ3n) is 4.86. The second-order valence-corrected chi connectivity index (χ2v) is 9.06. The molecule has 140 valence electrons. The van der Waals surface area contributed by atoms with E-state index in [9.17, 15) is 8.42 Å². The van der Waals surface area contributed by atoms with E-state index in [2.05, 4.69) is 12.1 Å². The summed E-state index contributed by atoms with van der Waals surface area (Å²) in [5.74, 6) is 0.522. The molecule has 0 atom stereocenters. The van der Waals surface area contributed by atoms with Crippen LogP contribution in [0, 0.1) is 12.8 Å². The Morgan fingerprint density at radius 2 is 1.69 bits per heavy atom. The van der Waals surface area contributed by atoms with Gasteiger partial charge in [0.2, 0.25) is 10.0 Å². The van der Waals surface area contributed by atoms with Crippen LogP contribution in [0.4, 0.5) is 0 Å². The van der Waals surface area contributed by atoms with E-state index in [1.165, 1.54) is 5.56 Å². The second kappa shape index (κ2) is 8.80. The number of rotatable bonds is 7. The molecule has 0 unspecified atom stereocenters. The summed E-state index contributed by atoms with van der Waals surface area (Å²) in [6.45, 7) is 4.48. The average molecular weight is 374 g/mol. The van der Waals surface area contributed by atoms with E-state index >= 15 is 0 Å². The summed E-state index contributed by atoms with van der Waals surface area (Å²) in [7, 11) is -3.25. The van der Waals surface area contributed by atoms with Crippen molar-refractivity contribution in [2.24, 2.45) is 5.92 Å². The second-order valence-electron chi connectivity index (χ2n) is 7.09. The molecule has 0 spiro atoms. The Kier molecular flexibility index (Phi) is 6.46. The molecule has 0 radical (unpaired) electrons. The van der Waals surface area contributed by atoms with Gasteiger partial charge in [-0.1, -0.05) is 60.2 Å². The van der Waals surface area contributed by atoms with Crippen LogP contribution in [-0.4, -0.2) is 32.4 Å². The zero-order valence-corrected chi connectivity index (χ0v) is 16.1. The van der Waals surface area contributed by atoms with Crippen molar-refractivity contribution in [1.29, 1.82) is 0 Å². The monoisotopic (exact) mass is 373 g/mol. The van der Waals surface area contributed by atoms with Crippen LogP contribution in [0.3, 0.4) is 0 Å². The molecule has 0 amide bonds. The van der Waals surface area contributed by atoms with E-state index in [1.807, 2.05) is 49.4 Å². The normalized spacial score (nSPS) is 16.7. The Balaban J connectivity index is 1.45. The predicted octanol–water partition coefficient (Wildman–Crippen LogP) is 3.75. The van der Waals surface area contributed by atoms with Gasteiger partial charge in [0, 0.05) is 19.7 Å². The molecule has 3 rings (SSSR count). The molecule has 0 N–H and O–H groups in total. The van der Waals surface area contributed by atoms with Crippen LogP contribution in [0.15, 0.2) is 54.6 Å². The van der Waals surface area contributed by atoms with Gasteiger partial charge in [0.15, 0.2) is 0 Å². The van der Waals surface area contributed by atoms with Crippen LogP contribution < -0.4 is 0 Å². The lowest BCUT2D eigenvalue weighted by atomic mass is 9.99. The summed E-state index contributed by atoms with van der Waals surface area (Å²) in [6, 6.07) is 17.9. The quantitative estimate of drug-likeness (QED) is 0.742. The highest BCUT2D eigenvalue weighted by atomic mass is 32.2. The van der Waals surface area contributed by atoms with Crippen molar-refractivity contribution in [1.82, 2.24) is 4.31 Å². The van der Waals surface area contributed by atoms with Crippen molar-refractivity contribution in [3.05, 3.63) is 71.3 Å². The number of aryl methyl sites for hydroxylation is 1. The van der Waals surface area contributed by atoms with E-state index in [0.29, 0.717) is 32.2 Å². The van der Waals surface area contributed by atoms with Crippen molar-refractivity contribution in [3.63, 3.8) is 0 Å². The lowest BCUT2D eigenvalue weighted by Gasteiger charge is -2.31. The molecule has 1 aliphatic heterocycles. The predicted molar refractivity (Wildman–Crippen MR) is 104 cm³/mol. The van der Waals surface area contributed by atoms with E-state index in [1.54, 1.807) is 4.31 Å². The molecule has 0 aliphatic carbocycles. The van der Waals surface area contributed by atoms with Crippen molar-refractivity contribution in [2.75, 3.05) is 19.7 Å². The molecular formula is C21H27NO3S. The molecule has 2 aromatic rings. The largest absolute Gasteiger partial charge is 0.376 e. The Morgan fingerprint density at radius 1 is 1.00 bits per heavy atom. The van der Waals surface area contributed by atoms with Crippen LogP contribution in [0.5, 0.6) is 0 Å². The number of hydrogen-bond donors (Lipinski definition) is 0. The first-order chi connectivity index (χ1) is 12.5. The van der Waals surface area contributed by atoms with Gasteiger partial charge in [-0.15, -0.1) is 0 Å². The molecule has 1 saturated heterocycles. The Hall–Kier alpha value is -1.69. The van der Waals surface area contributed by atoms with Gasteiger partial charge in [-0.2, -0.15) is 0 Å². The summed E-state index contributed by atoms with van der Waals surface area (Å²) in [4.78, 5) is 0. The fraction of sp³-hybridized carbons (Fsp3) is 0.429. The lowest BCUT2D eigenvalue weighted by molar-refractivity contribution is 0.0687. The summed E-state index contributed by atoms with van der Waals surface area (Å²) in [5, 5.41) is 0. The molecule has 0 aromatic heterocycles. The Bertz CT molecular complexity index is 797. The van der Waals surface area contributed by atoms with Crippen molar-refractivity contribution in [3.8, 4) is 0 Å². The fourth-order valence-electron chi connectivity index (χ4n) is 3.38. The lowest BCUT2D eigenvalue weighted by Crippen LogP contribution is -2.40. The first kappa shape index (κ1) is 19.1. The van der Waals surface area contributed by atoms with Gasteiger partial charge in [0.1, 0.15) is 0 Å². The third-order valence-corrected chi connectivity index (χ3v) is 6.71. The van der Waals surface area contributed by atoms with Gasteiger partial charge in [-0.3, -0.25) is 0 Å². The maximum Gasteiger partial charge on any atom is 0.218 e. The molecule has 1 fully saturated rings. The molecular weight excluding hydrogens is 346 g/mol. The minimum absolute atomic E-state index is 0.0872. The van der Waals surface area contributed by atoms with Crippen molar-refractivity contribution >= 4 is 10.0 Å². The molecule has 0 bridgehead atoms. The maximum absolute atomic E-state index is 12.7. The van der Waals surface area contributed by atoms with Gasteiger partial charge >= 0.3 is 0 Å². The van der Waals surface area contributed by atoms with Crippen LogP contribution in [-0.2, 0) is 27.1 Å². The van der Waals surface area contributed by atoms with Crippen molar-refractivity contribution in [2.45, 2.75) is 32.1 Å². The number of piperidine rings is 1. The fourth-order valence-corrected chi connectivity index (χ4v) is 4.93. The Labute approximate surface area is 156 Å². The zero-order valence-electron chi connectivity index (χ0n) is 15.3. The SMILES string of the molecule is Cc1cccc(CS(=O)(=O)N2CCC(COCc3ccccc3)CC2)c1. The molecule has 0 saturated carbocycles. The highest BCUT2D eigenvalue weighted by Crippen LogP contribution is 2.22. The Morgan fingerprint density at radius 3 is 2.38 bits per heavy atom. The van der Waals surface area contributed by atoms with Gasteiger partial charge < -0.3 is 4.74 Å². The molecule has 4 nitrogen and oxygen atoms in total. The van der Waals surface area contributed by atoms with E-state index in [0.717, 1.165) is 24.0 Å². The summed E-state index contributed by atoms with van der Waals surface area (Å²) in [5.41, 5.74) is 3.12. The summed E-state index contributed by atoms with van der Waals surface area (Å²) in [6.07, 6.45) is 1.73. The minimum Gasteiger partial charge on any atom is -0.376 e. The first-order valence-electron chi connectivity index (χ1n) is 9.18. The van der Waals surface area contributed by atoms with Crippen LogP contribution in [0.1, 0.15) is 29.5 Å². The average Bonchev–Trinajstić information content (AvgIpc) is 2.63. The summed E-state index contributed by atoms with van der Waals surface area (Å²) >= 11 is 0. The van der Waals surface area contributed by atoms with E-state index in [4.69, 9.17) is 4.74 Å². The van der Waals surface area contributed by atoms with Crippen molar-refractivity contribution < 1.29 is 13.2 Å². The van der Waals surface area contributed by atoms with Gasteiger partial charge in [0.25, 0.3) is 0 Å². The molecule has 2 aromatic carbocycles. The van der Waals surface area contributed by atoms with Crippen LogP contribution in [0.25, 0.3) is 0 Å². The maximum atomic E-state index is 12.7. The smallest absolute Gasteiger partial charge is 0.218 e. The molecule has 26 heavy (non-hydrogen) atoms. The zero-order chi connectivity index (χ0) is 18.4. The highest BCUT2D eigenvalue weighted by Gasteiger charge is 2.28. The van der Waals surface area contributed by atoms with Gasteiger partial charge in [0.05, 0.1) is 12.4 Å². The van der Waals surface area contributed by atoms with E-state index in [-0.39, 0.29) is 5.75 Å². The number of sulfonamides is 1.